The Kier molecular flexibility index (Phi) is 10.2. The van der Waals surface area contributed by atoms with Gasteiger partial charge in [-0.1, -0.05) is 0 Å². The molecule has 1 aromatic heterocycles. The van der Waals surface area contributed by atoms with E-state index in [0.717, 1.165) is 57.2 Å². The van der Waals surface area contributed by atoms with Crippen molar-refractivity contribution in [3.05, 3.63) is 17.0 Å². The number of ether oxygens (including phenoxy) is 1. The van der Waals surface area contributed by atoms with E-state index in [1.165, 1.54) is 11.3 Å². The van der Waals surface area contributed by atoms with Gasteiger partial charge in [-0.25, -0.2) is 0 Å². The highest BCUT2D eigenvalue weighted by Crippen LogP contribution is 2.26. The Morgan fingerprint density at radius 3 is 2.46 bits per heavy atom. The van der Waals surface area contributed by atoms with Crippen molar-refractivity contribution in [3.8, 4) is 0 Å². The zero-order chi connectivity index (χ0) is 20.0. The van der Waals surface area contributed by atoms with E-state index in [1.54, 1.807) is 0 Å². The normalized spacial score (nSPS) is 17.9. The van der Waals surface area contributed by atoms with Crippen LogP contribution in [0.4, 0.5) is 0 Å². The maximum atomic E-state index is 5.57. The number of likely N-dealkylation sites (N-methyl/N-ethyl adjacent to an activating group) is 1. The molecule has 2 rings (SSSR count). The highest BCUT2D eigenvalue weighted by Gasteiger charge is 2.34. The van der Waals surface area contributed by atoms with Crippen LogP contribution in [0.5, 0.6) is 0 Å². The van der Waals surface area contributed by atoms with Gasteiger partial charge in [-0.15, -0.1) is 24.0 Å². The molecular weight excluding hydrogens is 467 g/mol. The van der Waals surface area contributed by atoms with Gasteiger partial charge in [-0.05, 0) is 66.6 Å². The second-order valence-corrected chi connectivity index (χ2v) is 7.95. The molecule has 28 heavy (non-hydrogen) atoms. The molecule has 0 saturated carbocycles. The van der Waals surface area contributed by atoms with Crippen molar-refractivity contribution < 1.29 is 4.74 Å². The first-order chi connectivity index (χ1) is 12.8. The molecule has 0 radical (unpaired) electrons. The lowest BCUT2D eigenvalue weighted by molar-refractivity contribution is -0.00255. The highest BCUT2D eigenvalue weighted by atomic mass is 127. The molecule has 1 unspecified atom stereocenters. The van der Waals surface area contributed by atoms with E-state index in [2.05, 4.69) is 62.4 Å². The van der Waals surface area contributed by atoms with Crippen LogP contribution in [0.15, 0.2) is 4.99 Å². The van der Waals surface area contributed by atoms with Crippen LogP contribution in [-0.2, 0) is 18.2 Å². The maximum absolute atomic E-state index is 5.57. The summed E-state index contributed by atoms with van der Waals surface area (Å²) < 4.78 is 7.53. The fourth-order valence-electron chi connectivity index (χ4n) is 3.75. The van der Waals surface area contributed by atoms with Gasteiger partial charge in [0.25, 0.3) is 0 Å². The number of rotatable bonds is 7. The molecule has 8 heteroatoms. The van der Waals surface area contributed by atoms with Crippen LogP contribution in [0.2, 0.25) is 0 Å². The van der Waals surface area contributed by atoms with E-state index in [1.807, 2.05) is 11.7 Å². The van der Waals surface area contributed by atoms with E-state index < -0.39 is 0 Å². The Morgan fingerprint density at radius 2 is 1.96 bits per heavy atom. The van der Waals surface area contributed by atoms with Crippen molar-refractivity contribution in [3.63, 3.8) is 0 Å². The SMILES string of the molecule is CCNC(=NCC1(N(C)C)CCOCC1)NC(C)Cc1c(C)nn(C)c1C.I. The molecule has 2 heterocycles. The van der Waals surface area contributed by atoms with Gasteiger partial charge in [0.15, 0.2) is 5.96 Å². The third-order valence-electron chi connectivity index (χ3n) is 5.80. The minimum absolute atomic E-state index is 0. The molecule has 162 valence electrons. The monoisotopic (exact) mass is 506 g/mol. The third kappa shape index (κ3) is 6.32. The first-order valence-corrected chi connectivity index (χ1v) is 10.1. The molecule has 0 spiro atoms. The van der Waals surface area contributed by atoms with E-state index in [-0.39, 0.29) is 35.6 Å². The Bertz CT molecular complexity index is 637. The van der Waals surface area contributed by atoms with Crippen LogP contribution in [-0.4, -0.2) is 72.6 Å². The van der Waals surface area contributed by atoms with Gasteiger partial charge >= 0.3 is 0 Å². The minimum atomic E-state index is 0. The third-order valence-corrected chi connectivity index (χ3v) is 5.80. The Labute approximate surface area is 187 Å². The number of guanidine groups is 1. The number of aliphatic imine (C=N–C) groups is 1. The van der Waals surface area contributed by atoms with Gasteiger partial charge in [0.1, 0.15) is 0 Å². The molecule has 0 aromatic carbocycles. The number of halogens is 1. The molecule has 7 nitrogen and oxygen atoms in total. The van der Waals surface area contributed by atoms with Crippen LogP contribution in [0.1, 0.15) is 43.6 Å². The van der Waals surface area contributed by atoms with Gasteiger partial charge in [0, 0.05) is 44.1 Å². The number of aryl methyl sites for hydroxylation is 2. The standard InChI is InChI=1S/C20H38N6O.HI/c1-8-21-19(22-14-20(25(5)6)9-11-27-12-10-20)23-15(2)13-18-16(3)24-26(7)17(18)4;/h15H,8-14H2,1-7H3,(H2,21,22,23);1H. The van der Waals surface area contributed by atoms with Crippen molar-refractivity contribution >= 4 is 29.9 Å². The predicted octanol–water partition coefficient (Wildman–Crippen LogP) is 2.25. The average molecular weight is 506 g/mol. The zero-order valence-corrected chi connectivity index (χ0v) is 21.0. The van der Waals surface area contributed by atoms with E-state index in [0.29, 0.717) is 0 Å². The van der Waals surface area contributed by atoms with Gasteiger partial charge in [-0.2, -0.15) is 5.10 Å². The summed E-state index contributed by atoms with van der Waals surface area (Å²) in [6.45, 7) is 11.8. The molecule has 1 fully saturated rings. The van der Waals surface area contributed by atoms with E-state index in [4.69, 9.17) is 9.73 Å². The van der Waals surface area contributed by atoms with Crippen LogP contribution in [0, 0.1) is 13.8 Å². The molecule has 0 bridgehead atoms. The second kappa shape index (κ2) is 11.3. The summed E-state index contributed by atoms with van der Waals surface area (Å²) in [6.07, 6.45) is 2.97. The van der Waals surface area contributed by atoms with Crippen LogP contribution in [0.25, 0.3) is 0 Å². The Hall–Kier alpha value is -0.870. The maximum Gasteiger partial charge on any atom is 0.191 e. The lowest BCUT2D eigenvalue weighted by Gasteiger charge is -2.41. The molecule has 0 amide bonds. The van der Waals surface area contributed by atoms with Crippen molar-refractivity contribution in [2.75, 3.05) is 40.4 Å². The summed E-state index contributed by atoms with van der Waals surface area (Å²) in [5, 5.41) is 11.5. The van der Waals surface area contributed by atoms with Gasteiger partial charge in [-0.3, -0.25) is 9.67 Å². The van der Waals surface area contributed by atoms with Crippen LogP contribution >= 0.6 is 24.0 Å². The molecule has 2 N–H and O–H groups in total. The fourth-order valence-corrected chi connectivity index (χ4v) is 3.75. The van der Waals surface area contributed by atoms with Crippen molar-refractivity contribution in [1.82, 2.24) is 25.3 Å². The molecule has 0 aliphatic carbocycles. The summed E-state index contributed by atoms with van der Waals surface area (Å²) in [5.74, 6) is 0.886. The van der Waals surface area contributed by atoms with Crippen LogP contribution in [0.3, 0.4) is 0 Å². The van der Waals surface area contributed by atoms with Gasteiger partial charge in [0.05, 0.1) is 12.2 Å². The first kappa shape index (κ1) is 25.2. The number of hydrogen-bond donors (Lipinski definition) is 2. The largest absolute Gasteiger partial charge is 0.381 e. The highest BCUT2D eigenvalue weighted by molar-refractivity contribution is 14.0. The second-order valence-electron chi connectivity index (χ2n) is 7.95. The predicted molar refractivity (Wildman–Crippen MR) is 127 cm³/mol. The van der Waals surface area contributed by atoms with Crippen LogP contribution < -0.4 is 10.6 Å². The Balaban J connectivity index is 0.00000392. The molecule has 1 aliphatic heterocycles. The quantitative estimate of drug-likeness (QED) is 0.338. The summed E-state index contributed by atoms with van der Waals surface area (Å²) in [6, 6.07) is 0.273. The first-order valence-electron chi connectivity index (χ1n) is 10.1. The number of aromatic nitrogens is 2. The van der Waals surface area contributed by atoms with Crippen molar-refractivity contribution in [2.45, 2.75) is 58.5 Å². The van der Waals surface area contributed by atoms with Gasteiger partial charge in [0.2, 0.25) is 0 Å². The molecule has 1 saturated heterocycles. The number of nitrogens with zero attached hydrogens (tertiary/aromatic N) is 4. The fraction of sp³-hybridized carbons (Fsp3) is 0.800. The zero-order valence-electron chi connectivity index (χ0n) is 18.6. The average Bonchev–Trinajstić information content (AvgIpc) is 2.86. The number of nitrogens with one attached hydrogen (secondary N) is 2. The minimum Gasteiger partial charge on any atom is -0.381 e. The molecule has 1 atom stereocenters. The molecular formula is C20H39IN6O. The summed E-state index contributed by atoms with van der Waals surface area (Å²) >= 11 is 0. The van der Waals surface area contributed by atoms with E-state index >= 15 is 0 Å². The summed E-state index contributed by atoms with van der Waals surface area (Å²) in [7, 11) is 6.31. The van der Waals surface area contributed by atoms with Crippen molar-refractivity contribution in [2.24, 2.45) is 12.0 Å². The summed E-state index contributed by atoms with van der Waals surface area (Å²) in [5.41, 5.74) is 3.75. The molecule has 1 aromatic rings. The van der Waals surface area contributed by atoms with E-state index in [9.17, 15) is 0 Å². The lowest BCUT2D eigenvalue weighted by atomic mass is 9.89. The Morgan fingerprint density at radius 1 is 1.32 bits per heavy atom. The van der Waals surface area contributed by atoms with Crippen molar-refractivity contribution in [1.29, 1.82) is 0 Å². The lowest BCUT2D eigenvalue weighted by Crippen LogP contribution is -2.52. The van der Waals surface area contributed by atoms with Gasteiger partial charge < -0.3 is 20.3 Å². The smallest absolute Gasteiger partial charge is 0.191 e. The summed E-state index contributed by atoms with van der Waals surface area (Å²) in [4.78, 5) is 7.25. The number of hydrogen-bond acceptors (Lipinski definition) is 4. The molecule has 1 aliphatic rings. The topological polar surface area (TPSA) is 66.7 Å².